The van der Waals surface area contributed by atoms with Gasteiger partial charge in [0.05, 0.1) is 0 Å². The first-order valence-corrected chi connectivity index (χ1v) is 33.3. The average molecular weight is 1070 g/mol. The van der Waals surface area contributed by atoms with Crippen LogP contribution in [0.5, 0.6) is 0 Å². The first kappa shape index (κ1) is 101. The van der Waals surface area contributed by atoms with E-state index >= 15 is 0 Å². The third-order valence-electron chi connectivity index (χ3n) is 10.2. The van der Waals surface area contributed by atoms with Crippen LogP contribution in [0.2, 0.25) is 0 Å². The van der Waals surface area contributed by atoms with Crippen LogP contribution < -0.4 is 0 Å². The van der Waals surface area contributed by atoms with E-state index in [1.54, 1.807) is 12.9 Å². The van der Waals surface area contributed by atoms with Crippen LogP contribution in [0, 0.1) is 0 Å². The van der Waals surface area contributed by atoms with Crippen LogP contribution in [-0.4, -0.2) is 622 Å². The second kappa shape index (κ2) is 98.4. The van der Waals surface area contributed by atoms with E-state index in [4.69, 9.17) is 18.9 Å². The van der Waals surface area contributed by atoms with Gasteiger partial charge in [-0.1, -0.05) is 0 Å². The van der Waals surface area contributed by atoms with Gasteiger partial charge in [-0.15, -0.1) is 0 Å². The van der Waals surface area contributed by atoms with Crippen molar-refractivity contribution >= 4 is 642 Å². The summed E-state index contributed by atoms with van der Waals surface area (Å²) in [5, 5.41) is 0. The predicted octanol–water partition coefficient (Wildman–Crippen LogP) is -35.1. The second-order valence-corrected chi connectivity index (χ2v) is 20.2. The topological polar surface area (TPSA) is 0 Å². The predicted molar refractivity (Wildman–Crippen MR) is 551 cm³/mol. The molecule has 0 nitrogen and oxygen atoms in total. The third-order valence-corrected chi connectivity index (χ3v) is 11.7. The molecule has 0 fully saturated rings. The molecule has 0 spiro atoms. The van der Waals surface area contributed by atoms with Crippen LogP contribution in [-0.2, 0) is 20.3 Å². The Kier molecular flexibility index (Phi) is 105. The zero-order valence-corrected chi connectivity index (χ0v) is 56.3. The summed E-state index contributed by atoms with van der Waals surface area (Å²) in [5.74, 6) is 0. The molecule has 294 valence electrons. The van der Waals surface area contributed by atoms with Crippen molar-refractivity contribution in [1.29, 1.82) is 0 Å². The minimum absolute atomic E-state index is 0.274. The van der Waals surface area contributed by atoms with Crippen molar-refractivity contribution in [2.75, 3.05) is 0 Å². The Morgan fingerprint density at radius 2 is 0.211 bits per heavy atom. The first-order valence-electron chi connectivity index (χ1n) is 31.0. The van der Waals surface area contributed by atoms with Gasteiger partial charge in [0, 0.05) is 0 Å². The van der Waals surface area contributed by atoms with Gasteiger partial charge in [-0.05, 0) is 0 Å². The molecule has 0 aromatic rings. The molecule has 0 rings (SSSR count). The molecule has 1 unspecified atom stereocenters. The molecule has 0 saturated heterocycles. The van der Waals surface area contributed by atoms with Gasteiger partial charge < -0.3 is 0 Å². The van der Waals surface area contributed by atoms with Crippen LogP contribution in [0.15, 0.2) is 0 Å². The van der Waals surface area contributed by atoms with Crippen molar-refractivity contribution in [3.63, 3.8) is 0 Å². The average Bonchev–Trinajstić information content (AvgIpc) is 3.60. The Morgan fingerprint density at radius 3 is 0.284 bits per heavy atom. The van der Waals surface area contributed by atoms with Crippen molar-refractivity contribution in [3.05, 3.63) is 0 Å². The molecular formula is CH2B92S2. The van der Waals surface area contributed by atoms with Crippen LogP contribution in [0.25, 0.3) is 0 Å². The molecule has 0 aliphatic heterocycles. The molecule has 0 heterocycles. The van der Waals surface area contributed by atoms with E-state index in [2.05, 4.69) is 6.47 Å². The summed E-state index contributed by atoms with van der Waals surface area (Å²) in [6.07, 6.45) is 3.71. The van der Waals surface area contributed by atoms with Crippen molar-refractivity contribution in [2.45, 2.75) is 0 Å². The van der Waals surface area contributed by atoms with Gasteiger partial charge in [-0.25, -0.2) is 0 Å². The zero-order valence-electron chi connectivity index (χ0n) is 54.6. The Morgan fingerprint density at radius 1 is 0.137 bits per heavy atom. The Hall–Kier alpha value is 6.41. The maximum absolute atomic E-state index is 5.27. The fraction of sp³-hybridized carbons (Fsp3) is 0. The molecule has 0 aliphatic rings. The molecule has 0 saturated carbocycles. The summed E-state index contributed by atoms with van der Waals surface area (Å²) in [5.41, 5.74) is 0. The molecule has 0 bridgehead atoms. The van der Waals surface area contributed by atoms with Crippen molar-refractivity contribution in [1.82, 2.24) is 0 Å². The molecule has 0 aromatic carbocycles. The van der Waals surface area contributed by atoms with Gasteiger partial charge >= 0.3 is 642 Å². The summed E-state index contributed by atoms with van der Waals surface area (Å²) in [6.45, 7) is 180. The number of hydrogen-bond donors (Lipinski definition) is 0. The molecule has 0 amide bonds. The first-order chi connectivity index (χ1) is 47.3. The molecule has 0 aromatic heterocycles. The fourth-order valence-electron chi connectivity index (χ4n) is 5.76. The maximum atomic E-state index is 5.27. The minimum atomic E-state index is -0.274. The Bertz CT molecular complexity index is 3520. The van der Waals surface area contributed by atoms with Gasteiger partial charge in [0.25, 0.3) is 0 Å². The van der Waals surface area contributed by atoms with E-state index in [0.29, 0.717) is 0 Å². The van der Waals surface area contributed by atoms with Crippen LogP contribution in [0.4, 0.5) is 0 Å². The molecule has 0 aliphatic carbocycles. The van der Waals surface area contributed by atoms with E-state index in [1.807, 2.05) is 588 Å². The Labute approximate surface area is 635 Å². The number of hydrogen-bond acceptors (Lipinski definition) is 1. The van der Waals surface area contributed by atoms with Gasteiger partial charge in [-0.2, -0.15) is 0 Å². The summed E-state index contributed by atoms with van der Waals surface area (Å²) in [7, 11) is 4.99. The van der Waals surface area contributed by atoms with Crippen LogP contribution >= 0.6 is 0 Å². The Balaban J connectivity index is 4.12. The number of rotatable bonds is 46. The summed E-state index contributed by atoms with van der Waals surface area (Å²) >= 11 is 5.14. The fourth-order valence-corrected chi connectivity index (χ4v) is 6.31. The van der Waals surface area contributed by atoms with Gasteiger partial charge in [-0.3, -0.25) is 0 Å². The van der Waals surface area contributed by atoms with E-state index in [-0.39, 0.29) is 9.16 Å². The molecule has 95 heavy (non-hydrogen) atoms. The van der Waals surface area contributed by atoms with Crippen LogP contribution in [0.3, 0.4) is 0 Å². The van der Waals surface area contributed by atoms with E-state index < -0.39 is 0 Å². The van der Waals surface area contributed by atoms with E-state index in [0.717, 1.165) is 0 Å². The quantitative estimate of drug-likeness (QED) is 0.0548. The van der Waals surface area contributed by atoms with E-state index in [1.165, 1.54) is 6.69 Å². The molecule has 0 N–H and O–H groups in total. The van der Waals surface area contributed by atoms with Crippen molar-refractivity contribution in [3.8, 4) is 0 Å². The second-order valence-electron chi connectivity index (χ2n) is 17.8. The third kappa shape index (κ3) is 98.4. The summed E-state index contributed by atoms with van der Waals surface area (Å²) in [6, 6.07) is 0. The van der Waals surface area contributed by atoms with Gasteiger partial charge in [0.1, 0.15) is 0 Å². The normalized spacial score (nSPS) is 8.25. The SMILES string of the molecule is [B]B=BB=BB=BB=BB=BB=BB=BB=BB=BB=BB=BB=BB=BB=BB=BB=BB=BB=BB=BB=BB=BB=BB=BB=BB=BB=BB=BB=BB=BB=BB=BB=BB=BB=BB=BB=BB=BB=BB=BB=BB=BB=BB=BB=BB=BS(=S)B=C. The van der Waals surface area contributed by atoms with Crippen molar-refractivity contribution < 1.29 is 0 Å². The van der Waals surface area contributed by atoms with Gasteiger partial charge in [0.15, 0.2) is 0 Å². The zero-order chi connectivity index (χ0) is 67.9. The van der Waals surface area contributed by atoms with E-state index in [9.17, 15) is 0 Å². The summed E-state index contributed by atoms with van der Waals surface area (Å²) in [4.78, 5) is 0. The van der Waals surface area contributed by atoms with Crippen LogP contribution in [0.1, 0.15) is 0 Å². The monoisotopic (exact) mass is 1090 g/mol. The molecular weight excluding hydrogens is 1070 g/mol. The molecule has 1 atom stereocenters. The standard InChI is InChI=1S/CH2B92S2/c1-3-95(94)93-92-91-90-89-88-87-86-85-84-83-82-81-80-79-78-77-76-75-74-73-72-71-70-69-68-67-66-65-64-63-62-61-60-59-58-57-56-55-54-53-52-51-50-49-48-47-46-45-44-43-42-41-40-39-38-37-36-35-34-33-32-31-30-29-28-27-26-25-24-23-22-21-20-19-18-17-16-15-14-13-12-11-10-9-8-7-6-5-4-2/h1H2. The molecule has 2 radical (unpaired) electrons. The summed E-state index contributed by atoms with van der Waals surface area (Å²) < 4.78 is 0. The van der Waals surface area contributed by atoms with Gasteiger partial charge in [0.2, 0.25) is 0 Å². The van der Waals surface area contributed by atoms with Crippen molar-refractivity contribution in [2.24, 2.45) is 0 Å². The molecule has 94 heteroatoms.